The van der Waals surface area contributed by atoms with Crippen LogP contribution in [0, 0.1) is 5.92 Å². The standard InChI is InChI=1S/C12H17BrF2N2O/c1-2-5-17-10(9(13)7-16-17)11(18)8-3-4-12(14,15)6-8/h7-8,11,18H,2-6H2,1H3. The van der Waals surface area contributed by atoms with Gasteiger partial charge in [-0.25, -0.2) is 8.78 Å². The first-order chi connectivity index (χ1) is 8.44. The Morgan fingerprint density at radius 2 is 2.39 bits per heavy atom. The Balaban J connectivity index is 2.18. The number of alkyl halides is 2. The van der Waals surface area contributed by atoms with Gasteiger partial charge in [0, 0.05) is 19.4 Å². The Morgan fingerprint density at radius 3 is 2.94 bits per heavy atom. The first kappa shape index (κ1) is 13.9. The summed E-state index contributed by atoms with van der Waals surface area (Å²) in [6.45, 7) is 2.69. The van der Waals surface area contributed by atoms with Crippen LogP contribution in [0.25, 0.3) is 0 Å². The van der Waals surface area contributed by atoms with Gasteiger partial charge in [0.05, 0.1) is 22.5 Å². The predicted octanol–water partition coefficient (Wildman–Crippen LogP) is 3.52. The van der Waals surface area contributed by atoms with Crippen molar-refractivity contribution in [3.63, 3.8) is 0 Å². The van der Waals surface area contributed by atoms with Gasteiger partial charge in [-0.3, -0.25) is 4.68 Å². The maximum absolute atomic E-state index is 13.2. The number of aryl methyl sites for hydroxylation is 1. The number of nitrogens with zero attached hydrogens (tertiary/aromatic N) is 2. The third kappa shape index (κ3) is 2.74. The van der Waals surface area contributed by atoms with Gasteiger partial charge in [0.25, 0.3) is 0 Å². The maximum atomic E-state index is 13.2. The Bertz CT molecular complexity index is 422. The second-order valence-corrected chi connectivity index (χ2v) is 5.76. The lowest BCUT2D eigenvalue weighted by molar-refractivity contribution is -0.00606. The normalized spacial score (nSPS) is 24.4. The van der Waals surface area contributed by atoms with Crippen LogP contribution in [0.5, 0.6) is 0 Å². The zero-order valence-corrected chi connectivity index (χ0v) is 11.8. The van der Waals surface area contributed by atoms with Gasteiger partial charge in [-0.1, -0.05) is 6.92 Å². The van der Waals surface area contributed by atoms with Crippen molar-refractivity contribution in [1.82, 2.24) is 9.78 Å². The summed E-state index contributed by atoms with van der Waals surface area (Å²) < 4.78 is 28.8. The lowest BCUT2D eigenvalue weighted by atomic mass is 9.98. The third-order valence-electron chi connectivity index (χ3n) is 3.44. The van der Waals surface area contributed by atoms with E-state index in [1.807, 2.05) is 6.92 Å². The van der Waals surface area contributed by atoms with E-state index in [0.29, 0.717) is 23.1 Å². The van der Waals surface area contributed by atoms with Crippen LogP contribution in [0.4, 0.5) is 8.78 Å². The molecule has 0 radical (unpaired) electrons. The summed E-state index contributed by atoms with van der Waals surface area (Å²) in [4.78, 5) is 0. The fourth-order valence-electron chi connectivity index (χ4n) is 2.53. The molecule has 1 aromatic heterocycles. The largest absolute Gasteiger partial charge is 0.386 e. The number of aromatic nitrogens is 2. The number of hydrogen-bond acceptors (Lipinski definition) is 2. The summed E-state index contributed by atoms with van der Waals surface area (Å²) in [5.41, 5.74) is 0.625. The van der Waals surface area contributed by atoms with E-state index >= 15 is 0 Å². The average molecular weight is 323 g/mol. The van der Waals surface area contributed by atoms with Gasteiger partial charge in [-0.2, -0.15) is 5.10 Å². The predicted molar refractivity (Wildman–Crippen MR) is 67.5 cm³/mol. The molecule has 1 aromatic rings. The number of rotatable bonds is 4. The maximum Gasteiger partial charge on any atom is 0.248 e. The van der Waals surface area contributed by atoms with E-state index in [0.717, 1.165) is 6.42 Å². The molecule has 0 aromatic carbocycles. The molecule has 1 N–H and O–H groups in total. The molecule has 0 spiro atoms. The zero-order valence-electron chi connectivity index (χ0n) is 10.2. The number of aliphatic hydroxyl groups is 1. The number of hydrogen-bond donors (Lipinski definition) is 1. The molecule has 0 bridgehead atoms. The topological polar surface area (TPSA) is 38.0 Å². The highest BCUT2D eigenvalue weighted by Crippen LogP contribution is 2.45. The van der Waals surface area contributed by atoms with Gasteiger partial charge < -0.3 is 5.11 Å². The van der Waals surface area contributed by atoms with Crippen molar-refractivity contribution in [2.45, 2.75) is 51.2 Å². The highest BCUT2D eigenvalue weighted by atomic mass is 79.9. The lowest BCUT2D eigenvalue weighted by Gasteiger charge is -2.20. The average Bonchev–Trinajstić information content (AvgIpc) is 2.82. The molecule has 0 amide bonds. The quantitative estimate of drug-likeness (QED) is 0.921. The molecule has 2 unspecified atom stereocenters. The SMILES string of the molecule is CCCn1ncc(Br)c1C(O)C1CCC(F)(F)C1. The molecule has 18 heavy (non-hydrogen) atoms. The minimum absolute atomic E-state index is 0.131. The molecule has 2 rings (SSSR count). The van der Waals surface area contributed by atoms with Crippen molar-refractivity contribution in [2.24, 2.45) is 5.92 Å². The Morgan fingerprint density at radius 1 is 1.67 bits per heavy atom. The Labute approximate surface area is 113 Å². The lowest BCUT2D eigenvalue weighted by Crippen LogP contribution is -2.18. The molecular weight excluding hydrogens is 306 g/mol. The molecule has 1 saturated carbocycles. The molecule has 102 valence electrons. The van der Waals surface area contributed by atoms with E-state index in [9.17, 15) is 13.9 Å². The third-order valence-corrected chi connectivity index (χ3v) is 4.05. The molecule has 3 nitrogen and oxygen atoms in total. The summed E-state index contributed by atoms with van der Waals surface area (Å²) in [7, 11) is 0. The van der Waals surface area contributed by atoms with Crippen LogP contribution < -0.4 is 0 Å². The summed E-state index contributed by atoms with van der Waals surface area (Å²) in [5.74, 6) is -3.02. The molecule has 1 heterocycles. The molecule has 2 atom stereocenters. The molecule has 1 aliphatic carbocycles. The highest BCUT2D eigenvalue weighted by molar-refractivity contribution is 9.10. The van der Waals surface area contributed by atoms with Gasteiger partial charge >= 0.3 is 0 Å². The van der Waals surface area contributed by atoms with Crippen molar-refractivity contribution in [3.8, 4) is 0 Å². The van der Waals surface area contributed by atoms with Crippen LogP contribution in [0.3, 0.4) is 0 Å². The summed E-state index contributed by atoms with van der Waals surface area (Å²) >= 11 is 3.33. The molecule has 0 saturated heterocycles. The minimum Gasteiger partial charge on any atom is -0.386 e. The van der Waals surface area contributed by atoms with Crippen LogP contribution in [0.1, 0.15) is 44.4 Å². The van der Waals surface area contributed by atoms with E-state index in [4.69, 9.17) is 0 Å². The smallest absolute Gasteiger partial charge is 0.248 e. The minimum atomic E-state index is -2.63. The fraction of sp³-hybridized carbons (Fsp3) is 0.750. The highest BCUT2D eigenvalue weighted by Gasteiger charge is 2.43. The molecule has 6 heteroatoms. The van der Waals surface area contributed by atoms with Crippen molar-refractivity contribution in [2.75, 3.05) is 0 Å². The van der Waals surface area contributed by atoms with Gasteiger partial charge in [0.2, 0.25) is 5.92 Å². The van der Waals surface area contributed by atoms with Gasteiger partial charge in [-0.05, 0) is 34.7 Å². The summed E-state index contributed by atoms with van der Waals surface area (Å²) in [5, 5.41) is 14.5. The van der Waals surface area contributed by atoms with Crippen molar-refractivity contribution < 1.29 is 13.9 Å². The molecule has 0 aliphatic heterocycles. The second kappa shape index (κ2) is 5.25. The van der Waals surface area contributed by atoms with Crippen molar-refractivity contribution in [1.29, 1.82) is 0 Å². The van der Waals surface area contributed by atoms with Crippen LogP contribution in [-0.2, 0) is 6.54 Å². The van der Waals surface area contributed by atoms with Crippen LogP contribution in [-0.4, -0.2) is 20.8 Å². The second-order valence-electron chi connectivity index (χ2n) is 4.90. The summed E-state index contributed by atoms with van der Waals surface area (Å²) in [6.07, 6.45) is 1.61. The van der Waals surface area contributed by atoms with Gasteiger partial charge in [0.15, 0.2) is 0 Å². The first-order valence-electron chi connectivity index (χ1n) is 6.21. The van der Waals surface area contributed by atoms with E-state index < -0.39 is 12.0 Å². The Hall–Kier alpha value is -0.490. The van der Waals surface area contributed by atoms with Crippen molar-refractivity contribution >= 4 is 15.9 Å². The summed E-state index contributed by atoms with van der Waals surface area (Å²) in [6, 6.07) is 0. The molecule has 1 aliphatic rings. The molecular formula is C12H17BrF2N2O. The Kier molecular flexibility index (Phi) is 4.06. The first-order valence-corrected chi connectivity index (χ1v) is 7.01. The van der Waals surface area contributed by atoms with Crippen LogP contribution in [0.2, 0.25) is 0 Å². The fourth-order valence-corrected chi connectivity index (χ4v) is 3.06. The zero-order chi connectivity index (χ0) is 13.3. The number of aliphatic hydroxyl groups excluding tert-OH is 1. The van der Waals surface area contributed by atoms with E-state index in [2.05, 4.69) is 21.0 Å². The van der Waals surface area contributed by atoms with Crippen LogP contribution in [0.15, 0.2) is 10.7 Å². The van der Waals surface area contributed by atoms with E-state index in [1.165, 1.54) is 0 Å². The molecule has 1 fully saturated rings. The van der Waals surface area contributed by atoms with E-state index in [-0.39, 0.29) is 18.8 Å². The van der Waals surface area contributed by atoms with Gasteiger partial charge in [-0.15, -0.1) is 0 Å². The van der Waals surface area contributed by atoms with Gasteiger partial charge in [0.1, 0.15) is 0 Å². The monoisotopic (exact) mass is 322 g/mol. The van der Waals surface area contributed by atoms with Crippen LogP contribution >= 0.6 is 15.9 Å². The number of halogens is 3. The van der Waals surface area contributed by atoms with E-state index in [1.54, 1.807) is 10.9 Å². The van der Waals surface area contributed by atoms with Crippen molar-refractivity contribution in [3.05, 3.63) is 16.4 Å².